The Morgan fingerprint density at radius 3 is 2.58 bits per heavy atom. The van der Waals surface area contributed by atoms with Crippen molar-refractivity contribution < 1.29 is 9.84 Å². The number of benzene rings is 1. The molecule has 36 heavy (non-hydrogen) atoms. The lowest BCUT2D eigenvalue weighted by molar-refractivity contribution is 0.0378. The first-order valence-corrected chi connectivity index (χ1v) is 13.5. The van der Waals surface area contributed by atoms with Crippen LogP contribution in [0.2, 0.25) is 0 Å². The lowest BCUT2D eigenvalue weighted by Crippen LogP contribution is -2.50. The Balaban J connectivity index is 1.53. The first-order chi connectivity index (χ1) is 17.3. The van der Waals surface area contributed by atoms with Crippen LogP contribution in [0.25, 0.3) is 0 Å². The van der Waals surface area contributed by atoms with E-state index in [4.69, 9.17) is 4.74 Å². The number of piperidine rings is 1. The highest BCUT2D eigenvalue weighted by atomic mass is 16.5. The van der Waals surface area contributed by atoms with E-state index in [9.17, 15) is 5.11 Å². The topological polar surface area (TPSA) is 94.6 Å². The summed E-state index contributed by atoms with van der Waals surface area (Å²) in [6, 6.07) is 6.60. The van der Waals surface area contributed by atoms with Crippen LogP contribution < -0.4 is 20.7 Å². The molecule has 1 saturated heterocycles. The van der Waals surface area contributed by atoms with E-state index in [1.807, 2.05) is 13.1 Å². The maximum Gasteiger partial charge on any atom is 0.229 e. The molecule has 4 N–H and O–H groups in total. The van der Waals surface area contributed by atoms with Gasteiger partial charge in [0, 0.05) is 24.3 Å². The van der Waals surface area contributed by atoms with Crippen LogP contribution in [0, 0.1) is 6.92 Å². The maximum atomic E-state index is 9.78. The maximum absolute atomic E-state index is 9.78. The van der Waals surface area contributed by atoms with E-state index in [0.29, 0.717) is 11.9 Å². The van der Waals surface area contributed by atoms with Gasteiger partial charge in [-0.2, -0.15) is 4.98 Å². The number of hydrogen-bond donors (Lipinski definition) is 4. The number of aliphatic hydroxyl groups excluding tert-OH is 1. The largest absolute Gasteiger partial charge is 0.488 e. The number of rotatable bonds is 11. The predicted octanol–water partition coefficient (Wildman–Crippen LogP) is 4.43. The molecule has 8 nitrogen and oxygen atoms in total. The van der Waals surface area contributed by atoms with Crippen molar-refractivity contribution in [3.8, 4) is 5.75 Å². The van der Waals surface area contributed by atoms with Crippen molar-refractivity contribution in [2.45, 2.75) is 83.4 Å². The molecule has 8 heteroatoms. The number of aryl methyl sites for hydroxylation is 1. The molecule has 1 aromatic carbocycles. The highest BCUT2D eigenvalue weighted by Gasteiger charge is 2.31. The van der Waals surface area contributed by atoms with E-state index in [2.05, 4.69) is 70.6 Å². The molecular formula is C28H44N6O2. The second-order valence-electron chi connectivity index (χ2n) is 11.1. The molecule has 198 valence electrons. The molecule has 4 rings (SSSR count). The summed E-state index contributed by atoms with van der Waals surface area (Å²) in [5, 5.41) is 19.8. The molecule has 2 heterocycles. The second-order valence-corrected chi connectivity index (χ2v) is 11.1. The van der Waals surface area contributed by atoms with E-state index in [1.54, 1.807) is 6.20 Å². The van der Waals surface area contributed by atoms with E-state index in [-0.39, 0.29) is 24.3 Å². The zero-order chi connectivity index (χ0) is 25.7. The zero-order valence-electron chi connectivity index (χ0n) is 22.6. The molecule has 2 aliphatic rings. The summed E-state index contributed by atoms with van der Waals surface area (Å²) in [4.78, 5) is 11.6. The van der Waals surface area contributed by atoms with Crippen LogP contribution in [0.4, 0.5) is 17.5 Å². The molecule has 0 bridgehead atoms. The van der Waals surface area contributed by atoms with E-state index < -0.39 is 0 Å². The summed E-state index contributed by atoms with van der Waals surface area (Å²) in [7, 11) is 1.94. The van der Waals surface area contributed by atoms with Gasteiger partial charge in [0.1, 0.15) is 11.6 Å². The van der Waals surface area contributed by atoms with E-state index in [1.165, 1.54) is 17.5 Å². The van der Waals surface area contributed by atoms with Gasteiger partial charge in [0.25, 0.3) is 0 Å². The molecule has 1 aliphatic carbocycles. The van der Waals surface area contributed by atoms with Crippen molar-refractivity contribution in [1.82, 2.24) is 20.2 Å². The highest BCUT2D eigenvalue weighted by molar-refractivity contribution is 5.66. The Kier molecular flexibility index (Phi) is 8.70. The highest BCUT2D eigenvalue weighted by Crippen LogP contribution is 2.40. The van der Waals surface area contributed by atoms with Crippen molar-refractivity contribution in [1.29, 1.82) is 0 Å². The normalized spacial score (nSPS) is 18.5. The molecule has 2 fully saturated rings. The Morgan fingerprint density at radius 1 is 1.19 bits per heavy atom. The van der Waals surface area contributed by atoms with Crippen molar-refractivity contribution in [2.24, 2.45) is 0 Å². The lowest BCUT2D eigenvalue weighted by Gasteiger charge is -2.42. The van der Waals surface area contributed by atoms with Crippen molar-refractivity contribution in [3.63, 3.8) is 0 Å². The Bertz CT molecular complexity index is 1000. The van der Waals surface area contributed by atoms with Gasteiger partial charge < -0.3 is 25.8 Å². The standard InChI is InChI=1S/C28H44N6O2/c1-19-15-24(32-27-30-12-9-26(33-27)31-20(2)17-29-5)25(36-22-7-6-8-22)16-23(19)21-10-13-34(14-11-21)28(3,4)18-35/h9,12,15-16,20-22,29,35H,6-8,10-11,13-14,17-18H2,1-5H3,(H2,30,31,32,33). The third-order valence-electron chi connectivity index (χ3n) is 7.70. The minimum Gasteiger partial charge on any atom is -0.488 e. The molecule has 0 spiro atoms. The van der Waals surface area contributed by atoms with Gasteiger partial charge in [0.2, 0.25) is 5.95 Å². The summed E-state index contributed by atoms with van der Waals surface area (Å²) in [6.45, 7) is 11.6. The summed E-state index contributed by atoms with van der Waals surface area (Å²) >= 11 is 0. The van der Waals surface area contributed by atoms with Crippen LogP contribution in [0.3, 0.4) is 0 Å². The van der Waals surface area contributed by atoms with Gasteiger partial charge in [-0.25, -0.2) is 4.98 Å². The first kappa shape index (κ1) is 26.6. The number of aliphatic hydroxyl groups is 1. The minimum atomic E-state index is -0.166. The average Bonchev–Trinajstić information content (AvgIpc) is 2.83. The van der Waals surface area contributed by atoms with Gasteiger partial charge in [0.05, 0.1) is 18.4 Å². The fraction of sp³-hybridized carbons (Fsp3) is 0.643. The van der Waals surface area contributed by atoms with Gasteiger partial charge in [-0.15, -0.1) is 0 Å². The van der Waals surface area contributed by atoms with Crippen LogP contribution in [0.15, 0.2) is 24.4 Å². The Morgan fingerprint density at radius 2 is 1.94 bits per heavy atom. The fourth-order valence-electron chi connectivity index (χ4n) is 5.13. The second kappa shape index (κ2) is 11.8. The summed E-state index contributed by atoms with van der Waals surface area (Å²) in [5.41, 5.74) is 3.38. The Hall–Kier alpha value is -2.42. The van der Waals surface area contributed by atoms with Gasteiger partial charge in [0.15, 0.2) is 0 Å². The number of nitrogens with zero attached hydrogens (tertiary/aromatic N) is 3. The lowest BCUT2D eigenvalue weighted by atomic mass is 9.85. The molecule has 1 saturated carbocycles. The minimum absolute atomic E-state index is 0.166. The average molecular weight is 497 g/mol. The summed E-state index contributed by atoms with van der Waals surface area (Å²) in [6.07, 6.45) is 7.67. The van der Waals surface area contributed by atoms with Gasteiger partial charge in [-0.05, 0) is 115 Å². The number of nitrogens with one attached hydrogen (secondary N) is 3. The monoisotopic (exact) mass is 496 g/mol. The van der Waals surface area contributed by atoms with Crippen LogP contribution in [0.5, 0.6) is 5.75 Å². The molecule has 0 radical (unpaired) electrons. The van der Waals surface area contributed by atoms with Gasteiger partial charge in [-0.1, -0.05) is 0 Å². The number of ether oxygens (including phenoxy) is 1. The van der Waals surface area contributed by atoms with Crippen LogP contribution in [-0.4, -0.2) is 70.9 Å². The molecule has 1 aromatic heterocycles. The van der Waals surface area contributed by atoms with Gasteiger partial charge >= 0.3 is 0 Å². The molecule has 2 aromatic rings. The number of likely N-dealkylation sites (tertiary alicyclic amines) is 1. The quantitative estimate of drug-likeness (QED) is 0.363. The summed E-state index contributed by atoms with van der Waals surface area (Å²) < 4.78 is 6.47. The van der Waals surface area contributed by atoms with E-state index >= 15 is 0 Å². The molecular weight excluding hydrogens is 452 g/mol. The third-order valence-corrected chi connectivity index (χ3v) is 7.70. The van der Waals surface area contributed by atoms with Crippen molar-refractivity contribution in [3.05, 3.63) is 35.5 Å². The summed E-state index contributed by atoms with van der Waals surface area (Å²) in [5.74, 6) is 2.74. The van der Waals surface area contributed by atoms with E-state index in [0.717, 1.165) is 62.6 Å². The number of anilines is 3. The van der Waals surface area contributed by atoms with Gasteiger partial charge in [-0.3, -0.25) is 4.90 Å². The molecule has 1 aliphatic heterocycles. The fourth-order valence-corrected chi connectivity index (χ4v) is 5.13. The molecule has 1 atom stereocenters. The van der Waals surface area contributed by atoms with Crippen LogP contribution in [-0.2, 0) is 0 Å². The number of aromatic nitrogens is 2. The van der Waals surface area contributed by atoms with Crippen molar-refractivity contribution in [2.75, 3.05) is 43.9 Å². The van der Waals surface area contributed by atoms with Crippen molar-refractivity contribution >= 4 is 17.5 Å². The number of likely N-dealkylation sites (N-methyl/N-ethyl adjacent to an activating group) is 1. The molecule has 0 amide bonds. The smallest absolute Gasteiger partial charge is 0.229 e. The third kappa shape index (κ3) is 6.47. The SMILES string of the molecule is CNCC(C)Nc1ccnc(Nc2cc(C)c(C3CCN(C(C)(C)CO)CC3)cc2OC2CCC2)n1. The number of hydrogen-bond acceptors (Lipinski definition) is 8. The zero-order valence-corrected chi connectivity index (χ0v) is 22.6. The Labute approximate surface area is 216 Å². The predicted molar refractivity (Wildman–Crippen MR) is 146 cm³/mol. The first-order valence-electron chi connectivity index (χ1n) is 13.5. The molecule has 1 unspecified atom stereocenters. The van der Waals surface area contributed by atoms with Crippen LogP contribution in [0.1, 0.15) is 69.9 Å². The van der Waals surface area contributed by atoms with Crippen LogP contribution >= 0.6 is 0 Å².